The second kappa shape index (κ2) is 7.34. The van der Waals surface area contributed by atoms with Crippen LogP contribution in [0.15, 0.2) is 24.3 Å². The molecule has 0 radical (unpaired) electrons. The van der Waals surface area contributed by atoms with Gasteiger partial charge in [-0.15, -0.1) is 0 Å². The average Bonchev–Trinajstić information content (AvgIpc) is 2.39. The molecule has 0 saturated carbocycles. The zero-order valence-electron chi connectivity index (χ0n) is 11.5. The highest BCUT2D eigenvalue weighted by Crippen LogP contribution is 2.15. The summed E-state index contributed by atoms with van der Waals surface area (Å²) in [5, 5.41) is 22.6. The van der Waals surface area contributed by atoms with Crippen molar-refractivity contribution in [1.82, 2.24) is 5.32 Å². The molecule has 0 bridgehead atoms. The van der Waals surface area contributed by atoms with Crippen LogP contribution in [-0.4, -0.2) is 49.0 Å². The van der Waals surface area contributed by atoms with E-state index in [0.717, 1.165) is 5.69 Å². The molecule has 1 aromatic carbocycles. The number of carbonyl (C=O) groups is 2. The molecule has 1 aromatic rings. The van der Waals surface area contributed by atoms with Crippen LogP contribution in [0.5, 0.6) is 0 Å². The van der Waals surface area contributed by atoms with Crippen LogP contribution in [0.3, 0.4) is 0 Å². The summed E-state index contributed by atoms with van der Waals surface area (Å²) in [4.78, 5) is 23.8. The number of carboxylic acids is 1. The van der Waals surface area contributed by atoms with E-state index in [-0.39, 0.29) is 13.0 Å². The maximum Gasteiger partial charge on any atom is 0.332 e. The number of rotatable bonds is 6. The molecule has 7 heteroatoms. The van der Waals surface area contributed by atoms with Crippen molar-refractivity contribution >= 4 is 23.4 Å². The van der Waals surface area contributed by atoms with E-state index in [1.807, 2.05) is 31.1 Å². The minimum Gasteiger partial charge on any atom is -0.479 e. The maximum atomic E-state index is 11.5. The number of aliphatic carboxylic acids is 1. The maximum absolute atomic E-state index is 11.5. The fourth-order valence-corrected chi connectivity index (χ4v) is 1.46. The van der Waals surface area contributed by atoms with Gasteiger partial charge in [0.05, 0.1) is 0 Å². The van der Waals surface area contributed by atoms with E-state index >= 15 is 0 Å². The van der Waals surface area contributed by atoms with Gasteiger partial charge in [-0.1, -0.05) is 0 Å². The molecule has 4 N–H and O–H groups in total. The fraction of sp³-hybridized carbons (Fsp3) is 0.385. The van der Waals surface area contributed by atoms with Crippen molar-refractivity contribution in [2.75, 3.05) is 30.9 Å². The lowest BCUT2D eigenvalue weighted by molar-refractivity contribution is -0.146. The Hall–Kier alpha value is -2.28. The van der Waals surface area contributed by atoms with Crippen LogP contribution in [-0.2, 0) is 4.79 Å². The molecule has 0 aliphatic heterocycles. The third kappa shape index (κ3) is 5.15. The van der Waals surface area contributed by atoms with Gasteiger partial charge in [0.15, 0.2) is 6.10 Å². The number of hydrogen-bond acceptors (Lipinski definition) is 4. The van der Waals surface area contributed by atoms with Crippen LogP contribution >= 0.6 is 0 Å². The van der Waals surface area contributed by atoms with Crippen LogP contribution in [0.25, 0.3) is 0 Å². The normalized spacial score (nSPS) is 11.6. The summed E-state index contributed by atoms with van der Waals surface area (Å²) in [6.07, 6.45) is -1.50. The fourth-order valence-electron chi connectivity index (χ4n) is 1.46. The molecule has 0 saturated heterocycles. The van der Waals surface area contributed by atoms with E-state index < -0.39 is 18.1 Å². The number of amides is 2. The molecule has 1 atom stereocenters. The van der Waals surface area contributed by atoms with Gasteiger partial charge in [-0.05, 0) is 24.3 Å². The van der Waals surface area contributed by atoms with E-state index in [1.54, 1.807) is 12.1 Å². The van der Waals surface area contributed by atoms with Crippen molar-refractivity contribution in [3.8, 4) is 0 Å². The molecule has 2 amide bonds. The number of carboxylic acid groups (broad SMARTS) is 1. The quantitative estimate of drug-likeness (QED) is 0.615. The lowest BCUT2D eigenvalue weighted by Crippen LogP contribution is -2.33. The van der Waals surface area contributed by atoms with Gasteiger partial charge < -0.3 is 25.7 Å². The van der Waals surface area contributed by atoms with Crippen molar-refractivity contribution in [3.63, 3.8) is 0 Å². The second-order valence-corrected chi connectivity index (χ2v) is 4.46. The molecule has 1 unspecified atom stereocenters. The summed E-state index contributed by atoms with van der Waals surface area (Å²) < 4.78 is 0. The average molecular weight is 281 g/mol. The molecule has 7 nitrogen and oxygen atoms in total. The number of urea groups is 1. The topological polar surface area (TPSA) is 102 Å². The third-order valence-electron chi connectivity index (χ3n) is 2.63. The largest absolute Gasteiger partial charge is 0.479 e. The van der Waals surface area contributed by atoms with Crippen LogP contribution in [0.2, 0.25) is 0 Å². The molecule has 1 rings (SSSR count). The minimum absolute atomic E-state index is 0.0394. The molecule has 0 heterocycles. The first-order chi connectivity index (χ1) is 9.40. The number of carbonyl (C=O) groups excluding carboxylic acids is 1. The van der Waals surface area contributed by atoms with E-state index in [4.69, 9.17) is 10.2 Å². The Morgan fingerprint density at radius 2 is 1.85 bits per heavy atom. The number of benzene rings is 1. The number of hydrogen-bond donors (Lipinski definition) is 4. The van der Waals surface area contributed by atoms with Crippen molar-refractivity contribution in [3.05, 3.63) is 24.3 Å². The standard InChI is InChI=1S/C13H19N3O4/c1-16(2)10-5-3-9(4-6-10)15-13(20)14-8-7-11(17)12(18)19/h3-6,11,17H,7-8H2,1-2H3,(H,18,19)(H2,14,15,20). The first-order valence-corrected chi connectivity index (χ1v) is 6.13. The zero-order valence-corrected chi connectivity index (χ0v) is 11.5. The van der Waals surface area contributed by atoms with E-state index in [0.29, 0.717) is 5.69 Å². The van der Waals surface area contributed by atoms with E-state index in [2.05, 4.69) is 10.6 Å². The molecular weight excluding hydrogens is 262 g/mol. The zero-order chi connectivity index (χ0) is 15.1. The van der Waals surface area contributed by atoms with Gasteiger partial charge in [0.25, 0.3) is 0 Å². The van der Waals surface area contributed by atoms with Gasteiger partial charge in [0, 0.05) is 38.4 Å². The van der Waals surface area contributed by atoms with Gasteiger partial charge in [0.2, 0.25) is 0 Å². The molecule has 0 aliphatic rings. The Morgan fingerprint density at radius 1 is 1.25 bits per heavy atom. The Morgan fingerprint density at radius 3 is 2.35 bits per heavy atom. The molecule has 0 aromatic heterocycles. The molecule has 0 spiro atoms. The minimum atomic E-state index is -1.46. The van der Waals surface area contributed by atoms with Gasteiger partial charge in [0.1, 0.15) is 0 Å². The Kier molecular flexibility index (Phi) is 5.79. The predicted octanol–water partition coefficient (Wildman–Crippen LogP) is 0.710. The summed E-state index contributed by atoms with van der Waals surface area (Å²) >= 11 is 0. The van der Waals surface area contributed by atoms with Gasteiger partial charge in [-0.25, -0.2) is 9.59 Å². The first-order valence-electron chi connectivity index (χ1n) is 6.13. The Labute approximate surface area is 117 Å². The highest BCUT2D eigenvalue weighted by molar-refractivity contribution is 5.89. The lowest BCUT2D eigenvalue weighted by atomic mass is 10.2. The van der Waals surface area contributed by atoms with Crippen molar-refractivity contribution in [2.24, 2.45) is 0 Å². The van der Waals surface area contributed by atoms with Crippen LogP contribution in [0.1, 0.15) is 6.42 Å². The smallest absolute Gasteiger partial charge is 0.332 e. The van der Waals surface area contributed by atoms with Gasteiger partial charge in [-0.2, -0.15) is 0 Å². The lowest BCUT2D eigenvalue weighted by Gasteiger charge is -2.13. The number of nitrogens with zero attached hydrogens (tertiary/aromatic N) is 1. The van der Waals surface area contributed by atoms with E-state index in [9.17, 15) is 9.59 Å². The summed E-state index contributed by atoms with van der Waals surface area (Å²) in [6.45, 7) is 0.0785. The Bertz CT molecular complexity index is 459. The highest BCUT2D eigenvalue weighted by atomic mass is 16.4. The van der Waals surface area contributed by atoms with E-state index in [1.165, 1.54) is 0 Å². The summed E-state index contributed by atoms with van der Waals surface area (Å²) in [5.41, 5.74) is 1.65. The van der Waals surface area contributed by atoms with Crippen molar-refractivity contribution < 1.29 is 19.8 Å². The number of aliphatic hydroxyl groups is 1. The van der Waals surface area contributed by atoms with Gasteiger partial charge in [-0.3, -0.25) is 0 Å². The molecular formula is C13H19N3O4. The summed E-state index contributed by atoms with van der Waals surface area (Å²) in [7, 11) is 3.84. The number of nitrogens with one attached hydrogen (secondary N) is 2. The third-order valence-corrected chi connectivity index (χ3v) is 2.63. The van der Waals surface area contributed by atoms with Crippen molar-refractivity contribution in [1.29, 1.82) is 0 Å². The highest BCUT2D eigenvalue weighted by Gasteiger charge is 2.12. The van der Waals surface area contributed by atoms with Crippen molar-refractivity contribution in [2.45, 2.75) is 12.5 Å². The molecule has 0 fully saturated rings. The number of aliphatic hydroxyl groups excluding tert-OH is 1. The molecule has 110 valence electrons. The monoisotopic (exact) mass is 281 g/mol. The summed E-state index contributed by atoms with van der Waals surface area (Å²) in [5.74, 6) is -1.30. The van der Waals surface area contributed by atoms with Crippen LogP contribution in [0.4, 0.5) is 16.2 Å². The first kappa shape index (κ1) is 15.8. The number of anilines is 2. The van der Waals surface area contributed by atoms with Crippen LogP contribution < -0.4 is 15.5 Å². The predicted molar refractivity (Wildman–Crippen MR) is 76.1 cm³/mol. The SMILES string of the molecule is CN(C)c1ccc(NC(=O)NCCC(O)C(=O)O)cc1. The molecule has 20 heavy (non-hydrogen) atoms. The van der Waals surface area contributed by atoms with Gasteiger partial charge >= 0.3 is 12.0 Å². The molecule has 0 aliphatic carbocycles. The summed E-state index contributed by atoms with van der Waals surface area (Å²) in [6, 6.07) is 6.82. The second-order valence-electron chi connectivity index (χ2n) is 4.46. The van der Waals surface area contributed by atoms with Crippen LogP contribution in [0, 0.1) is 0 Å². The Balaban J connectivity index is 2.37.